The standard InChI is InChI=1S/C24H21NO5/c1-16(26)30-24(17-7-5-4-6-8-17)21-15-20(29-3)13-14-22(21)25(23(24)27)18-9-11-19(28-2)12-10-18/h4-15H,1-3H3. The number of fused-ring (bicyclic) bond motifs is 1. The van der Waals surface area contributed by atoms with Crippen molar-refractivity contribution in [1.82, 2.24) is 0 Å². The summed E-state index contributed by atoms with van der Waals surface area (Å²) in [6.07, 6.45) is 0. The molecule has 1 atom stereocenters. The molecule has 1 aliphatic rings. The van der Waals surface area contributed by atoms with Gasteiger partial charge in [-0.2, -0.15) is 0 Å². The molecule has 6 heteroatoms. The Balaban J connectivity index is 1.99. The predicted octanol–water partition coefficient (Wildman–Crippen LogP) is 4.19. The van der Waals surface area contributed by atoms with Gasteiger partial charge in [-0.1, -0.05) is 30.3 Å². The molecule has 0 radical (unpaired) electrons. The summed E-state index contributed by atoms with van der Waals surface area (Å²) >= 11 is 0. The van der Waals surface area contributed by atoms with Gasteiger partial charge in [0.1, 0.15) is 11.5 Å². The van der Waals surface area contributed by atoms with Gasteiger partial charge in [-0.15, -0.1) is 0 Å². The Morgan fingerprint density at radius 1 is 0.867 bits per heavy atom. The van der Waals surface area contributed by atoms with Crippen LogP contribution in [0.25, 0.3) is 0 Å². The van der Waals surface area contributed by atoms with Gasteiger partial charge in [0.15, 0.2) is 0 Å². The molecule has 3 aromatic carbocycles. The number of amides is 1. The van der Waals surface area contributed by atoms with Gasteiger partial charge >= 0.3 is 5.97 Å². The minimum atomic E-state index is -1.61. The summed E-state index contributed by atoms with van der Waals surface area (Å²) in [5, 5.41) is 0. The van der Waals surface area contributed by atoms with E-state index in [1.165, 1.54) is 6.92 Å². The normalized spacial score (nSPS) is 17.4. The lowest BCUT2D eigenvalue weighted by atomic mass is 9.87. The first-order valence-corrected chi connectivity index (χ1v) is 9.43. The summed E-state index contributed by atoms with van der Waals surface area (Å²) in [5.41, 5.74) is 0.754. The zero-order valence-corrected chi connectivity index (χ0v) is 16.9. The van der Waals surface area contributed by atoms with Gasteiger partial charge in [0.25, 0.3) is 5.91 Å². The van der Waals surface area contributed by atoms with Crippen molar-refractivity contribution in [2.24, 2.45) is 0 Å². The highest BCUT2D eigenvalue weighted by Crippen LogP contribution is 2.51. The lowest BCUT2D eigenvalue weighted by Crippen LogP contribution is -2.42. The topological polar surface area (TPSA) is 65.1 Å². The maximum atomic E-state index is 14.0. The van der Waals surface area contributed by atoms with Crippen LogP contribution in [-0.4, -0.2) is 26.1 Å². The van der Waals surface area contributed by atoms with Crippen molar-refractivity contribution in [3.63, 3.8) is 0 Å². The smallest absolute Gasteiger partial charge is 0.304 e. The van der Waals surface area contributed by atoms with Crippen molar-refractivity contribution < 1.29 is 23.8 Å². The van der Waals surface area contributed by atoms with E-state index in [9.17, 15) is 9.59 Å². The van der Waals surface area contributed by atoms with Gasteiger partial charge in [-0.05, 0) is 42.5 Å². The molecular formula is C24H21NO5. The van der Waals surface area contributed by atoms with E-state index in [1.807, 2.05) is 18.2 Å². The highest BCUT2D eigenvalue weighted by atomic mass is 16.6. The third-order valence-corrected chi connectivity index (χ3v) is 5.14. The predicted molar refractivity (Wildman–Crippen MR) is 112 cm³/mol. The molecular weight excluding hydrogens is 382 g/mol. The monoisotopic (exact) mass is 403 g/mol. The molecule has 0 saturated heterocycles. The number of rotatable bonds is 5. The molecule has 1 aliphatic heterocycles. The molecule has 0 saturated carbocycles. The number of carbonyl (C=O) groups excluding carboxylic acids is 2. The van der Waals surface area contributed by atoms with Gasteiger partial charge in [-0.3, -0.25) is 14.5 Å². The van der Waals surface area contributed by atoms with Gasteiger partial charge in [0, 0.05) is 23.7 Å². The molecule has 0 aliphatic carbocycles. The zero-order chi connectivity index (χ0) is 21.3. The molecule has 0 aromatic heterocycles. The van der Waals surface area contributed by atoms with Crippen LogP contribution in [-0.2, 0) is 19.9 Å². The molecule has 4 rings (SSSR count). The van der Waals surface area contributed by atoms with E-state index >= 15 is 0 Å². The fourth-order valence-electron chi connectivity index (χ4n) is 3.81. The van der Waals surface area contributed by atoms with Gasteiger partial charge in [0.05, 0.1) is 19.9 Å². The molecule has 3 aromatic rings. The van der Waals surface area contributed by atoms with Crippen LogP contribution in [0.5, 0.6) is 11.5 Å². The lowest BCUT2D eigenvalue weighted by Gasteiger charge is -2.29. The first-order valence-electron chi connectivity index (χ1n) is 9.43. The minimum absolute atomic E-state index is 0.377. The molecule has 1 heterocycles. The quantitative estimate of drug-likeness (QED) is 0.598. The second-order valence-corrected chi connectivity index (χ2v) is 6.86. The summed E-state index contributed by atoms with van der Waals surface area (Å²) in [5.74, 6) is 0.301. The second kappa shape index (κ2) is 7.55. The van der Waals surface area contributed by atoms with E-state index in [-0.39, 0.29) is 5.91 Å². The molecule has 0 fully saturated rings. The summed E-state index contributed by atoms with van der Waals surface area (Å²) in [4.78, 5) is 27.7. The van der Waals surface area contributed by atoms with E-state index in [1.54, 1.807) is 73.7 Å². The molecule has 6 nitrogen and oxygen atoms in total. The van der Waals surface area contributed by atoms with Gasteiger partial charge in [0.2, 0.25) is 5.60 Å². The number of carbonyl (C=O) groups is 2. The SMILES string of the molecule is COc1ccc(N2C(=O)C(OC(C)=O)(c3ccccc3)c3cc(OC)ccc32)cc1. The van der Waals surface area contributed by atoms with Crippen LogP contribution in [0.4, 0.5) is 11.4 Å². The minimum Gasteiger partial charge on any atom is -0.497 e. The Kier molecular flexibility index (Phi) is 4.91. The number of ether oxygens (including phenoxy) is 3. The van der Waals surface area contributed by atoms with Crippen molar-refractivity contribution in [2.75, 3.05) is 19.1 Å². The van der Waals surface area contributed by atoms with Gasteiger partial charge in [-0.25, -0.2) is 0 Å². The maximum absolute atomic E-state index is 14.0. The third-order valence-electron chi connectivity index (χ3n) is 5.14. The van der Waals surface area contributed by atoms with Crippen LogP contribution < -0.4 is 14.4 Å². The number of benzene rings is 3. The fraction of sp³-hybridized carbons (Fsp3) is 0.167. The molecule has 0 spiro atoms. The zero-order valence-electron chi connectivity index (χ0n) is 16.9. The van der Waals surface area contributed by atoms with E-state index in [0.717, 1.165) is 0 Å². The Bertz CT molecular complexity index is 1090. The number of methoxy groups -OCH3 is 2. The van der Waals surface area contributed by atoms with Crippen LogP contribution in [0.3, 0.4) is 0 Å². The first kappa shape index (κ1) is 19.5. The summed E-state index contributed by atoms with van der Waals surface area (Å²) in [6, 6.07) is 21.5. The average molecular weight is 403 g/mol. The molecule has 1 amide bonds. The Labute approximate surface area is 174 Å². The molecule has 0 bridgehead atoms. The highest BCUT2D eigenvalue weighted by molar-refractivity contribution is 6.14. The Morgan fingerprint density at radius 2 is 1.50 bits per heavy atom. The first-order chi connectivity index (χ1) is 14.5. The lowest BCUT2D eigenvalue weighted by molar-refractivity contribution is -0.160. The number of hydrogen-bond acceptors (Lipinski definition) is 5. The fourth-order valence-corrected chi connectivity index (χ4v) is 3.81. The summed E-state index contributed by atoms with van der Waals surface area (Å²) in [6.45, 7) is 1.30. The largest absolute Gasteiger partial charge is 0.497 e. The van der Waals surface area contributed by atoms with Crippen LogP contribution in [0.2, 0.25) is 0 Å². The van der Waals surface area contributed by atoms with E-state index in [4.69, 9.17) is 14.2 Å². The summed E-state index contributed by atoms with van der Waals surface area (Å²) in [7, 11) is 3.13. The number of anilines is 2. The van der Waals surface area contributed by atoms with Crippen molar-refractivity contribution >= 4 is 23.3 Å². The third kappa shape index (κ3) is 2.97. The van der Waals surface area contributed by atoms with Gasteiger partial charge < -0.3 is 14.2 Å². The van der Waals surface area contributed by atoms with Crippen molar-refractivity contribution in [3.8, 4) is 11.5 Å². The molecule has 0 N–H and O–H groups in total. The Morgan fingerprint density at radius 3 is 2.10 bits per heavy atom. The van der Waals surface area contributed by atoms with Crippen LogP contribution in [0.1, 0.15) is 18.1 Å². The second-order valence-electron chi connectivity index (χ2n) is 6.86. The Hall–Kier alpha value is -3.80. The number of nitrogens with zero attached hydrogens (tertiary/aromatic N) is 1. The maximum Gasteiger partial charge on any atom is 0.304 e. The van der Waals surface area contributed by atoms with E-state index < -0.39 is 11.6 Å². The van der Waals surface area contributed by atoms with Crippen LogP contribution in [0, 0.1) is 0 Å². The molecule has 30 heavy (non-hydrogen) atoms. The van der Waals surface area contributed by atoms with E-state index in [0.29, 0.717) is 34.0 Å². The van der Waals surface area contributed by atoms with Crippen LogP contribution >= 0.6 is 0 Å². The van der Waals surface area contributed by atoms with Crippen molar-refractivity contribution in [3.05, 3.63) is 83.9 Å². The van der Waals surface area contributed by atoms with Crippen molar-refractivity contribution in [2.45, 2.75) is 12.5 Å². The summed E-state index contributed by atoms with van der Waals surface area (Å²) < 4.78 is 16.4. The average Bonchev–Trinajstić information content (AvgIpc) is 3.02. The number of hydrogen-bond donors (Lipinski definition) is 0. The number of esters is 1. The van der Waals surface area contributed by atoms with Crippen LogP contribution in [0.15, 0.2) is 72.8 Å². The van der Waals surface area contributed by atoms with Crippen molar-refractivity contribution in [1.29, 1.82) is 0 Å². The molecule has 152 valence electrons. The molecule has 1 unspecified atom stereocenters. The highest BCUT2D eigenvalue weighted by Gasteiger charge is 2.56. The van der Waals surface area contributed by atoms with E-state index in [2.05, 4.69) is 0 Å².